The predicted molar refractivity (Wildman–Crippen MR) is 46.8 cm³/mol. The van der Waals surface area contributed by atoms with E-state index in [1.807, 2.05) is 13.8 Å². The molecule has 2 heteroatoms. The molecule has 0 spiro atoms. The third-order valence-electron chi connectivity index (χ3n) is 1.81. The van der Waals surface area contributed by atoms with Crippen molar-refractivity contribution in [1.82, 2.24) is 5.06 Å². The van der Waals surface area contributed by atoms with Gasteiger partial charge in [-0.1, -0.05) is 19.1 Å². The summed E-state index contributed by atoms with van der Waals surface area (Å²) in [6.45, 7) is 8.36. The second-order valence-electron chi connectivity index (χ2n) is 2.98. The first-order chi connectivity index (χ1) is 5.16. The SMILES string of the molecule is C=C(C)C1=C(N([O-])CCC)C1. The third kappa shape index (κ3) is 1.84. The summed E-state index contributed by atoms with van der Waals surface area (Å²) in [5.41, 5.74) is 3.14. The second-order valence-corrected chi connectivity index (χ2v) is 2.98. The van der Waals surface area contributed by atoms with Crippen LogP contribution in [0.25, 0.3) is 0 Å². The number of hydrogen-bond acceptors (Lipinski definition) is 2. The minimum atomic E-state index is 0.617. The van der Waals surface area contributed by atoms with Crippen LogP contribution in [0.2, 0.25) is 0 Å². The largest absolute Gasteiger partial charge is 0.758 e. The Morgan fingerprint density at radius 3 is 2.73 bits per heavy atom. The van der Waals surface area contributed by atoms with Gasteiger partial charge < -0.3 is 10.3 Å². The highest BCUT2D eigenvalue weighted by atomic mass is 16.5. The molecule has 0 aromatic heterocycles. The van der Waals surface area contributed by atoms with E-state index < -0.39 is 0 Å². The Bertz CT molecular complexity index is 206. The number of rotatable bonds is 4. The van der Waals surface area contributed by atoms with Crippen molar-refractivity contribution >= 4 is 0 Å². The lowest BCUT2D eigenvalue weighted by atomic mass is 10.3. The zero-order valence-corrected chi connectivity index (χ0v) is 7.18. The standard InChI is InChI=1S/C9H14NO/c1-4-5-10(11)9-6-8(9)7(2)3/h2,4-6H2,1,3H3/q-1. The molecule has 0 fully saturated rings. The molecule has 0 radical (unpaired) electrons. The van der Waals surface area contributed by atoms with Crippen molar-refractivity contribution < 1.29 is 0 Å². The molecule has 0 aromatic rings. The fourth-order valence-electron chi connectivity index (χ4n) is 1.10. The van der Waals surface area contributed by atoms with Crippen molar-refractivity contribution in [2.24, 2.45) is 0 Å². The van der Waals surface area contributed by atoms with Gasteiger partial charge in [0.05, 0.1) is 0 Å². The Kier molecular flexibility index (Phi) is 2.35. The molecule has 1 aliphatic carbocycles. The van der Waals surface area contributed by atoms with Crippen LogP contribution >= 0.6 is 0 Å². The monoisotopic (exact) mass is 152 g/mol. The van der Waals surface area contributed by atoms with Gasteiger partial charge in [0.2, 0.25) is 0 Å². The van der Waals surface area contributed by atoms with Gasteiger partial charge in [-0.15, -0.1) is 0 Å². The lowest BCUT2D eigenvalue weighted by Crippen LogP contribution is -2.10. The molecule has 0 aromatic carbocycles. The molecule has 0 unspecified atom stereocenters. The van der Waals surface area contributed by atoms with Gasteiger partial charge in [0.1, 0.15) is 0 Å². The van der Waals surface area contributed by atoms with E-state index in [-0.39, 0.29) is 0 Å². The van der Waals surface area contributed by atoms with Crippen molar-refractivity contribution in [2.75, 3.05) is 6.54 Å². The molecule has 1 aliphatic rings. The minimum Gasteiger partial charge on any atom is -0.758 e. The van der Waals surface area contributed by atoms with E-state index in [0.29, 0.717) is 6.54 Å². The quantitative estimate of drug-likeness (QED) is 0.578. The highest BCUT2D eigenvalue weighted by Crippen LogP contribution is 2.37. The molecule has 62 valence electrons. The van der Waals surface area contributed by atoms with Gasteiger partial charge in [-0.05, 0) is 18.9 Å². The van der Waals surface area contributed by atoms with Crippen LogP contribution in [-0.2, 0) is 0 Å². The molecular formula is C9H14NO-. The zero-order chi connectivity index (χ0) is 8.43. The van der Waals surface area contributed by atoms with Gasteiger partial charge in [0, 0.05) is 18.7 Å². The Hall–Kier alpha value is -0.760. The first-order valence-corrected chi connectivity index (χ1v) is 3.99. The normalized spacial score (nSPS) is 15.2. The maximum absolute atomic E-state index is 11.1. The summed E-state index contributed by atoms with van der Waals surface area (Å²) < 4.78 is 0. The van der Waals surface area contributed by atoms with E-state index in [9.17, 15) is 5.21 Å². The molecule has 2 nitrogen and oxygen atoms in total. The molecule has 0 N–H and O–H groups in total. The Morgan fingerprint density at radius 1 is 1.73 bits per heavy atom. The molecule has 0 saturated carbocycles. The maximum Gasteiger partial charge on any atom is 0.0140 e. The van der Waals surface area contributed by atoms with Crippen LogP contribution in [0.15, 0.2) is 23.4 Å². The lowest BCUT2D eigenvalue weighted by Gasteiger charge is -2.26. The fourth-order valence-corrected chi connectivity index (χ4v) is 1.10. The summed E-state index contributed by atoms with van der Waals surface area (Å²) in [5, 5.41) is 12.2. The van der Waals surface area contributed by atoms with Crippen LogP contribution in [-0.4, -0.2) is 11.6 Å². The Morgan fingerprint density at radius 2 is 2.36 bits per heavy atom. The average molecular weight is 152 g/mol. The van der Waals surface area contributed by atoms with Crippen LogP contribution in [0, 0.1) is 5.21 Å². The van der Waals surface area contributed by atoms with Crippen molar-refractivity contribution in [3.8, 4) is 0 Å². The first-order valence-electron chi connectivity index (χ1n) is 3.99. The highest BCUT2D eigenvalue weighted by Gasteiger charge is 2.22. The van der Waals surface area contributed by atoms with E-state index in [1.54, 1.807) is 0 Å². The number of hydroxylamine groups is 2. The van der Waals surface area contributed by atoms with Gasteiger partial charge in [0.25, 0.3) is 0 Å². The smallest absolute Gasteiger partial charge is 0.0140 e. The summed E-state index contributed by atoms with van der Waals surface area (Å²) >= 11 is 0. The highest BCUT2D eigenvalue weighted by molar-refractivity contribution is 5.47. The molecule has 0 bridgehead atoms. The topological polar surface area (TPSA) is 26.3 Å². The minimum absolute atomic E-state index is 0.617. The van der Waals surface area contributed by atoms with Crippen LogP contribution in [0.5, 0.6) is 0 Å². The number of hydrogen-bond donors (Lipinski definition) is 0. The van der Waals surface area contributed by atoms with Crippen LogP contribution in [0.1, 0.15) is 26.7 Å². The summed E-state index contributed by atoms with van der Waals surface area (Å²) in [6, 6.07) is 0. The van der Waals surface area contributed by atoms with Crippen LogP contribution in [0.4, 0.5) is 0 Å². The van der Waals surface area contributed by atoms with Crippen molar-refractivity contribution in [2.45, 2.75) is 26.7 Å². The zero-order valence-electron chi connectivity index (χ0n) is 7.18. The van der Waals surface area contributed by atoms with Crippen molar-refractivity contribution in [3.05, 3.63) is 28.6 Å². The summed E-state index contributed by atoms with van der Waals surface area (Å²) in [7, 11) is 0. The first kappa shape index (κ1) is 8.34. The van der Waals surface area contributed by atoms with Crippen molar-refractivity contribution in [1.29, 1.82) is 0 Å². The van der Waals surface area contributed by atoms with E-state index in [1.165, 1.54) is 0 Å². The summed E-state index contributed by atoms with van der Waals surface area (Å²) in [6.07, 6.45) is 1.77. The van der Waals surface area contributed by atoms with Gasteiger partial charge in [-0.3, -0.25) is 0 Å². The number of allylic oxidation sites excluding steroid dienone is 3. The van der Waals surface area contributed by atoms with Crippen LogP contribution < -0.4 is 0 Å². The van der Waals surface area contributed by atoms with Crippen molar-refractivity contribution in [3.63, 3.8) is 0 Å². The van der Waals surface area contributed by atoms with E-state index in [2.05, 4.69) is 6.58 Å². The molecule has 1 rings (SSSR count). The predicted octanol–water partition coefficient (Wildman–Crippen LogP) is 2.43. The summed E-state index contributed by atoms with van der Waals surface area (Å²) in [5.74, 6) is 0. The molecule has 0 atom stereocenters. The average Bonchev–Trinajstić information content (AvgIpc) is 2.65. The molecule has 11 heavy (non-hydrogen) atoms. The fraction of sp³-hybridized carbons (Fsp3) is 0.556. The molecule has 0 heterocycles. The third-order valence-corrected chi connectivity index (χ3v) is 1.81. The van der Waals surface area contributed by atoms with E-state index in [4.69, 9.17) is 0 Å². The van der Waals surface area contributed by atoms with Gasteiger partial charge in [-0.2, -0.15) is 0 Å². The second kappa shape index (κ2) is 3.09. The molecule has 0 saturated heterocycles. The molecular weight excluding hydrogens is 138 g/mol. The van der Waals surface area contributed by atoms with Gasteiger partial charge in [-0.25, -0.2) is 0 Å². The Labute approximate surface area is 67.8 Å². The maximum atomic E-state index is 11.1. The number of nitrogens with zero attached hydrogens (tertiary/aromatic N) is 1. The molecule has 0 amide bonds. The van der Waals surface area contributed by atoms with Gasteiger partial charge in [0.15, 0.2) is 0 Å². The Balaban J connectivity index is 2.46. The molecule has 0 aliphatic heterocycles. The van der Waals surface area contributed by atoms with Gasteiger partial charge >= 0.3 is 0 Å². The summed E-state index contributed by atoms with van der Waals surface area (Å²) in [4.78, 5) is 0. The van der Waals surface area contributed by atoms with E-state index in [0.717, 1.165) is 34.7 Å². The van der Waals surface area contributed by atoms with Crippen LogP contribution in [0.3, 0.4) is 0 Å². The van der Waals surface area contributed by atoms with E-state index >= 15 is 0 Å². The lowest BCUT2D eigenvalue weighted by molar-refractivity contribution is 0.480.